The summed E-state index contributed by atoms with van der Waals surface area (Å²) in [4.78, 5) is 12.9. The van der Waals surface area contributed by atoms with Gasteiger partial charge in [-0.1, -0.05) is 68.4 Å². The zero-order chi connectivity index (χ0) is 21.2. The van der Waals surface area contributed by atoms with Crippen molar-refractivity contribution in [1.82, 2.24) is 0 Å². The molecule has 1 N–H and O–H groups in total. The van der Waals surface area contributed by atoms with Crippen LogP contribution in [0.4, 0.5) is 11.4 Å². The molecule has 0 aliphatic rings. The predicted molar refractivity (Wildman–Crippen MR) is 120 cm³/mol. The zero-order valence-corrected chi connectivity index (χ0v) is 18.0. The lowest BCUT2D eigenvalue weighted by Gasteiger charge is -2.24. The predicted octanol–water partition coefficient (Wildman–Crippen LogP) is 4.68. The maximum atomic E-state index is 12.9. The van der Waals surface area contributed by atoms with Crippen molar-refractivity contribution >= 4 is 38.1 Å². The van der Waals surface area contributed by atoms with Gasteiger partial charge in [0.25, 0.3) is 0 Å². The minimum Gasteiger partial charge on any atom is -0.324 e. The van der Waals surface area contributed by atoms with Gasteiger partial charge in [-0.3, -0.25) is 9.10 Å². The van der Waals surface area contributed by atoms with Crippen molar-refractivity contribution in [2.75, 3.05) is 22.4 Å². The number of hydrogen-bond donors (Lipinski definition) is 1. The number of fused-ring (bicyclic) bond motifs is 1. The molecule has 0 aliphatic heterocycles. The standard InChI is InChI=1S/C23H26N2O3S/c1-16(2)19-13-7-9-17(3)23(19)24-22(26)15-25(29(4,27)28)21-14-8-11-18-10-5-6-12-20(18)21/h5-14,16H,15H2,1-4H3,(H,24,26). The molecular formula is C23H26N2O3S. The van der Waals surface area contributed by atoms with Gasteiger partial charge in [0.1, 0.15) is 6.54 Å². The van der Waals surface area contributed by atoms with Crippen LogP contribution in [0.5, 0.6) is 0 Å². The molecule has 5 nitrogen and oxygen atoms in total. The molecule has 29 heavy (non-hydrogen) atoms. The van der Waals surface area contributed by atoms with Crippen LogP contribution in [0.2, 0.25) is 0 Å². The SMILES string of the molecule is Cc1cccc(C(C)C)c1NC(=O)CN(c1cccc2ccccc12)S(C)(=O)=O. The van der Waals surface area contributed by atoms with Crippen molar-refractivity contribution in [2.45, 2.75) is 26.7 Å². The topological polar surface area (TPSA) is 66.5 Å². The van der Waals surface area contributed by atoms with Gasteiger partial charge in [-0.05, 0) is 35.4 Å². The summed E-state index contributed by atoms with van der Waals surface area (Å²) in [7, 11) is -3.66. The monoisotopic (exact) mass is 410 g/mol. The van der Waals surface area contributed by atoms with Gasteiger partial charge in [-0.25, -0.2) is 8.42 Å². The molecule has 1 amide bonds. The van der Waals surface area contributed by atoms with Crippen molar-refractivity contribution in [3.8, 4) is 0 Å². The number of carbonyl (C=O) groups excluding carboxylic acids is 1. The van der Waals surface area contributed by atoms with Crippen LogP contribution in [0.3, 0.4) is 0 Å². The number of anilines is 2. The number of nitrogens with zero attached hydrogens (tertiary/aromatic N) is 1. The van der Waals surface area contributed by atoms with Crippen molar-refractivity contribution in [3.05, 3.63) is 71.8 Å². The van der Waals surface area contributed by atoms with E-state index in [0.29, 0.717) is 5.69 Å². The Bertz CT molecular complexity index is 1150. The van der Waals surface area contributed by atoms with E-state index >= 15 is 0 Å². The van der Waals surface area contributed by atoms with Crippen LogP contribution in [0.1, 0.15) is 30.9 Å². The number of amides is 1. The molecule has 0 atom stereocenters. The Morgan fingerprint density at radius 1 is 1.00 bits per heavy atom. The largest absolute Gasteiger partial charge is 0.324 e. The van der Waals surface area contributed by atoms with Gasteiger partial charge >= 0.3 is 0 Å². The van der Waals surface area contributed by atoms with E-state index in [1.54, 1.807) is 12.1 Å². The summed E-state index contributed by atoms with van der Waals surface area (Å²) in [6.07, 6.45) is 1.12. The summed E-state index contributed by atoms with van der Waals surface area (Å²) in [6, 6.07) is 18.8. The summed E-state index contributed by atoms with van der Waals surface area (Å²) >= 11 is 0. The molecule has 0 heterocycles. The summed E-state index contributed by atoms with van der Waals surface area (Å²) in [6.45, 7) is 5.76. The fourth-order valence-electron chi connectivity index (χ4n) is 3.46. The minimum absolute atomic E-state index is 0.231. The fraction of sp³-hybridized carbons (Fsp3) is 0.261. The number of sulfonamides is 1. The summed E-state index contributed by atoms with van der Waals surface area (Å²) in [5, 5.41) is 4.64. The molecule has 0 saturated carbocycles. The second-order valence-corrected chi connectivity index (χ2v) is 9.42. The van der Waals surface area contributed by atoms with Crippen LogP contribution < -0.4 is 9.62 Å². The van der Waals surface area contributed by atoms with E-state index < -0.39 is 10.0 Å². The molecule has 6 heteroatoms. The Morgan fingerprint density at radius 3 is 2.34 bits per heavy atom. The van der Waals surface area contributed by atoms with Gasteiger partial charge in [0.15, 0.2) is 0 Å². The fourth-order valence-corrected chi connectivity index (χ4v) is 4.33. The van der Waals surface area contributed by atoms with E-state index in [4.69, 9.17) is 0 Å². The van der Waals surface area contributed by atoms with E-state index in [2.05, 4.69) is 19.2 Å². The lowest BCUT2D eigenvalue weighted by molar-refractivity contribution is -0.114. The molecule has 3 aromatic carbocycles. The van der Waals surface area contributed by atoms with Crippen LogP contribution in [0.15, 0.2) is 60.7 Å². The van der Waals surface area contributed by atoms with Gasteiger partial charge in [0, 0.05) is 11.1 Å². The maximum Gasteiger partial charge on any atom is 0.245 e. The molecule has 0 unspecified atom stereocenters. The highest BCUT2D eigenvalue weighted by Crippen LogP contribution is 2.30. The first-order chi connectivity index (χ1) is 13.7. The van der Waals surface area contributed by atoms with Crippen molar-refractivity contribution < 1.29 is 13.2 Å². The zero-order valence-electron chi connectivity index (χ0n) is 17.1. The maximum absolute atomic E-state index is 12.9. The van der Waals surface area contributed by atoms with Crippen molar-refractivity contribution in [2.24, 2.45) is 0 Å². The van der Waals surface area contributed by atoms with E-state index in [1.807, 2.05) is 55.5 Å². The minimum atomic E-state index is -3.66. The highest BCUT2D eigenvalue weighted by atomic mass is 32.2. The summed E-state index contributed by atoms with van der Waals surface area (Å²) in [5.74, 6) is -0.145. The van der Waals surface area contributed by atoms with Gasteiger partial charge in [0.2, 0.25) is 15.9 Å². The third-order valence-corrected chi connectivity index (χ3v) is 6.04. The molecule has 3 aromatic rings. The Balaban J connectivity index is 1.96. The first kappa shape index (κ1) is 20.9. The quantitative estimate of drug-likeness (QED) is 0.642. The van der Waals surface area contributed by atoms with E-state index in [0.717, 1.165) is 38.1 Å². The Morgan fingerprint density at radius 2 is 1.66 bits per heavy atom. The van der Waals surface area contributed by atoms with Crippen molar-refractivity contribution in [1.29, 1.82) is 0 Å². The van der Waals surface area contributed by atoms with Crippen LogP contribution in [0.25, 0.3) is 10.8 Å². The number of rotatable bonds is 6. The van der Waals surface area contributed by atoms with Crippen LogP contribution in [-0.2, 0) is 14.8 Å². The molecule has 0 fully saturated rings. The smallest absolute Gasteiger partial charge is 0.245 e. The number of nitrogens with one attached hydrogen (secondary N) is 1. The molecular weight excluding hydrogens is 384 g/mol. The third-order valence-electron chi connectivity index (χ3n) is 4.91. The van der Waals surface area contributed by atoms with Gasteiger partial charge in [0.05, 0.1) is 11.9 Å². The summed E-state index contributed by atoms with van der Waals surface area (Å²) in [5.41, 5.74) is 3.21. The Hall–Kier alpha value is -2.86. The average Bonchev–Trinajstić information content (AvgIpc) is 2.66. The molecule has 3 rings (SSSR count). The molecule has 0 aliphatic carbocycles. The number of carbonyl (C=O) groups is 1. The van der Waals surface area contributed by atoms with Crippen LogP contribution in [0, 0.1) is 6.92 Å². The normalized spacial score (nSPS) is 11.6. The first-order valence-corrected chi connectivity index (χ1v) is 11.4. The molecule has 0 radical (unpaired) electrons. The van der Waals surface area contributed by atoms with Gasteiger partial charge in [-0.2, -0.15) is 0 Å². The first-order valence-electron chi connectivity index (χ1n) is 9.53. The second kappa shape index (κ2) is 8.25. The Kier molecular flexibility index (Phi) is 5.94. The van der Waals surface area contributed by atoms with Crippen LogP contribution in [-0.4, -0.2) is 27.1 Å². The molecule has 0 saturated heterocycles. The van der Waals surface area contributed by atoms with E-state index in [-0.39, 0.29) is 18.4 Å². The lowest BCUT2D eigenvalue weighted by atomic mass is 9.98. The summed E-state index contributed by atoms with van der Waals surface area (Å²) < 4.78 is 26.3. The van der Waals surface area contributed by atoms with E-state index in [9.17, 15) is 13.2 Å². The second-order valence-electron chi connectivity index (χ2n) is 7.51. The lowest BCUT2D eigenvalue weighted by Crippen LogP contribution is -2.37. The molecule has 0 bridgehead atoms. The van der Waals surface area contributed by atoms with Gasteiger partial charge in [-0.15, -0.1) is 0 Å². The highest BCUT2D eigenvalue weighted by molar-refractivity contribution is 7.92. The molecule has 152 valence electrons. The number of benzene rings is 3. The molecule has 0 spiro atoms. The molecule has 0 aromatic heterocycles. The third kappa shape index (κ3) is 4.59. The van der Waals surface area contributed by atoms with Gasteiger partial charge < -0.3 is 5.32 Å². The van der Waals surface area contributed by atoms with Crippen molar-refractivity contribution in [3.63, 3.8) is 0 Å². The number of aryl methyl sites for hydroxylation is 1. The van der Waals surface area contributed by atoms with E-state index in [1.165, 1.54) is 0 Å². The Labute approximate surface area is 172 Å². The highest BCUT2D eigenvalue weighted by Gasteiger charge is 2.23. The number of hydrogen-bond acceptors (Lipinski definition) is 3. The number of para-hydroxylation sites is 1. The average molecular weight is 411 g/mol. The van der Waals surface area contributed by atoms with Crippen LogP contribution >= 0.6 is 0 Å².